The zero-order valence-corrected chi connectivity index (χ0v) is 19.9. The predicted octanol–water partition coefficient (Wildman–Crippen LogP) is 2.99. The number of hydrogen-bond donors (Lipinski definition) is 2. The van der Waals surface area contributed by atoms with Crippen LogP contribution in [0.15, 0.2) is 36.4 Å². The highest BCUT2D eigenvalue weighted by Crippen LogP contribution is 2.56. The van der Waals surface area contributed by atoms with E-state index in [1.807, 2.05) is 0 Å². The molecule has 2 aliphatic rings. The molecule has 4 rings (SSSR count). The number of rotatable bonds is 6. The van der Waals surface area contributed by atoms with Gasteiger partial charge < -0.3 is 10.0 Å². The lowest BCUT2D eigenvalue weighted by Gasteiger charge is -2.32. The average Bonchev–Trinajstić information content (AvgIpc) is 3.42. The number of nitrogens with one attached hydrogen (secondary N) is 1. The van der Waals surface area contributed by atoms with Crippen molar-refractivity contribution in [3.63, 3.8) is 0 Å². The fourth-order valence-electron chi connectivity index (χ4n) is 4.90. The van der Waals surface area contributed by atoms with Crippen LogP contribution in [0.1, 0.15) is 32.3 Å². The third-order valence-electron chi connectivity index (χ3n) is 6.63. The van der Waals surface area contributed by atoms with Crippen molar-refractivity contribution in [2.45, 2.75) is 50.8 Å². The van der Waals surface area contributed by atoms with Crippen LogP contribution in [0.5, 0.6) is 0 Å². The van der Waals surface area contributed by atoms with Crippen molar-refractivity contribution < 1.29 is 31.5 Å². The number of likely N-dealkylation sites (tertiary alicyclic amines) is 1. The quantitative estimate of drug-likeness (QED) is 0.644. The topological polar surface area (TPSA) is 86.7 Å². The van der Waals surface area contributed by atoms with Crippen molar-refractivity contribution in [3.8, 4) is 11.1 Å². The van der Waals surface area contributed by atoms with Gasteiger partial charge in [0.15, 0.2) is 0 Å². The number of carbonyl (C=O) groups excluding carboxylic acids is 1. The highest BCUT2D eigenvalue weighted by atomic mass is 32.2. The molecule has 1 aliphatic carbocycles. The van der Waals surface area contributed by atoms with Gasteiger partial charge in [-0.25, -0.2) is 26.3 Å². The number of halogens is 3. The Labute approximate surface area is 196 Å². The second kappa shape index (κ2) is 8.35. The normalized spacial score (nSPS) is 21.8. The summed E-state index contributed by atoms with van der Waals surface area (Å²) in [4.78, 5) is 14.5. The van der Waals surface area contributed by atoms with E-state index in [0.29, 0.717) is 18.9 Å². The predicted molar refractivity (Wildman–Crippen MR) is 121 cm³/mol. The van der Waals surface area contributed by atoms with Gasteiger partial charge in [0.05, 0.1) is 12.3 Å². The summed E-state index contributed by atoms with van der Waals surface area (Å²) in [6.45, 7) is 2.94. The molecule has 2 fully saturated rings. The van der Waals surface area contributed by atoms with Gasteiger partial charge in [-0.3, -0.25) is 4.79 Å². The van der Waals surface area contributed by atoms with Crippen molar-refractivity contribution in [1.29, 1.82) is 0 Å². The summed E-state index contributed by atoms with van der Waals surface area (Å²) in [6, 6.07) is 5.76. The molecule has 2 N–H and O–H groups in total. The first-order valence-corrected chi connectivity index (χ1v) is 12.8. The van der Waals surface area contributed by atoms with Gasteiger partial charge in [-0.05, 0) is 56.4 Å². The minimum atomic E-state index is -3.65. The number of benzene rings is 2. The Morgan fingerprint density at radius 1 is 1.18 bits per heavy atom. The Hall–Kier alpha value is -2.43. The molecule has 1 saturated heterocycles. The molecular weight excluding hydrogens is 469 g/mol. The van der Waals surface area contributed by atoms with Gasteiger partial charge in [-0.1, -0.05) is 18.2 Å². The first kappa shape index (κ1) is 24.7. The zero-order valence-electron chi connectivity index (χ0n) is 19.1. The van der Waals surface area contributed by atoms with Crippen LogP contribution in [0.4, 0.5) is 13.2 Å². The molecule has 184 valence electrons. The molecule has 1 saturated carbocycles. The summed E-state index contributed by atoms with van der Waals surface area (Å²) in [5.74, 6) is -2.97. The Balaban J connectivity index is 1.75. The molecule has 2 atom stereocenters. The van der Waals surface area contributed by atoms with Crippen LogP contribution in [-0.4, -0.2) is 54.8 Å². The van der Waals surface area contributed by atoms with E-state index in [2.05, 4.69) is 4.72 Å². The van der Waals surface area contributed by atoms with Crippen molar-refractivity contribution in [2.24, 2.45) is 5.41 Å². The smallest absolute Gasteiger partial charge is 0.254 e. The van der Waals surface area contributed by atoms with Crippen LogP contribution in [0.2, 0.25) is 0 Å². The molecule has 34 heavy (non-hydrogen) atoms. The molecule has 0 aromatic heterocycles. The van der Waals surface area contributed by atoms with Gasteiger partial charge in [0.2, 0.25) is 10.0 Å². The summed E-state index contributed by atoms with van der Waals surface area (Å²) in [6.07, 6.45) is 2.36. The fourth-order valence-corrected chi connectivity index (χ4v) is 5.77. The van der Waals surface area contributed by atoms with Crippen LogP contribution < -0.4 is 4.72 Å². The molecule has 6 nitrogen and oxygen atoms in total. The van der Waals surface area contributed by atoms with Crippen molar-refractivity contribution in [3.05, 3.63) is 59.4 Å². The molecule has 2 aromatic carbocycles. The van der Waals surface area contributed by atoms with E-state index in [1.165, 1.54) is 30.9 Å². The minimum Gasteiger partial charge on any atom is -0.381 e. The summed E-state index contributed by atoms with van der Waals surface area (Å²) in [5, 5.41) is 10.4. The second-order valence-electron chi connectivity index (χ2n) is 9.93. The summed E-state index contributed by atoms with van der Waals surface area (Å²) >= 11 is 0. The maximum atomic E-state index is 15.6. The van der Waals surface area contributed by atoms with Gasteiger partial charge >= 0.3 is 0 Å². The van der Waals surface area contributed by atoms with Crippen LogP contribution in [0, 0.1) is 22.9 Å². The number of aliphatic hydroxyl groups is 1. The molecule has 1 heterocycles. The molecule has 2 aromatic rings. The third-order valence-corrected chi connectivity index (χ3v) is 7.31. The fraction of sp³-hybridized carbons (Fsp3) is 0.458. The molecule has 1 spiro atoms. The van der Waals surface area contributed by atoms with Crippen LogP contribution in [0.3, 0.4) is 0 Å². The maximum absolute atomic E-state index is 15.6. The van der Waals surface area contributed by atoms with Crippen LogP contribution in [-0.2, 0) is 21.2 Å². The average molecular weight is 497 g/mol. The molecular formula is C24H27F3N2O4S. The molecule has 0 unspecified atom stereocenters. The lowest BCUT2D eigenvalue weighted by Crippen LogP contribution is -2.53. The Morgan fingerprint density at radius 3 is 2.32 bits per heavy atom. The van der Waals surface area contributed by atoms with E-state index >= 15 is 4.39 Å². The molecule has 10 heteroatoms. The lowest BCUT2D eigenvalue weighted by atomic mass is 9.91. The number of carbonyl (C=O) groups is 1. The van der Waals surface area contributed by atoms with Gasteiger partial charge in [-0.2, -0.15) is 0 Å². The number of nitrogens with zero attached hydrogens (tertiary/aromatic N) is 1. The van der Waals surface area contributed by atoms with E-state index in [9.17, 15) is 27.1 Å². The van der Waals surface area contributed by atoms with Crippen molar-refractivity contribution in [2.75, 3.05) is 12.8 Å². The summed E-state index contributed by atoms with van der Waals surface area (Å²) in [5.41, 5.74) is -2.00. The number of sulfonamides is 1. The number of amides is 1. The highest BCUT2D eigenvalue weighted by Gasteiger charge is 2.62. The first-order valence-electron chi connectivity index (χ1n) is 10.9. The zero-order chi connectivity index (χ0) is 25.1. The van der Waals surface area contributed by atoms with Crippen LogP contribution in [0.25, 0.3) is 11.1 Å². The van der Waals surface area contributed by atoms with E-state index in [-0.39, 0.29) is 29.7 Å². The van der Waals surface area contributed by atoms with Crippen molar-refractivity contribution in [1.82, 2.24) is 9.62 Å². The van der Waals surface area contributed by atoms with Gasteiger partial charge in [0, 0.05) is 29.6 Å². The Bertz CT molecular complexity index is 1220. The van der Waals surface area contributed by atoms with Crippen LogP contribution >= 0.6 is 0 Å². The van der Waals surface area contributed by atoms with Gasteiger partial charge in [0.1, 0.15) is 23.1 Å². The van der Waals surface area contributed by atoms with Crippen molar-refractivity contribution >= 4 is 15.9 Å². The molecule has 1 amide bonds. The lowest BCUT2D eigenvalue weighted by molar-refractivity contribution is -0.149. The molecule has 0 radical (unpaired) electrons. The minimum absolute atomic E-state index is 0.0111. The highest BCUT2D eigenvalue weighted by molar-refractivity contribution is 7.88. The number of hydrogen-bond acceptors (Lipinski definition) is 4. The molecule has 1 aliphatic heterocycles. The SMILES string of the molecule is CC(C)(O)C(=O)N1CC2(CC2)[C@H](NS(C)(=O)=O)[C@@H]1Cc1cccc(-c2cc(F)cc(F)c2)c1F. The summed E-state index contributed by atoms with van der Waals surface area (Å²) < 4.78 is 69.9. The maximum Gasteiger partial charge on any atom is 0.254 e. The van der Waals surface area contributed by atoms with E-state index < -0.39 is 56.5 Å². The van der Waals surface area contributed by atoms with Gasteiger partial charge in [0.25, 0.3) is 5.91 Å². The third kappa shape index (κ3) is 4.85. The van der Waals surface area contributed by atoms with E-state index in [1.54, 1.807) is 6.07 Å². The Morgan fingerprint density at radius 2 is 1.79 bits per heavy atom. The molecule has 0 bridgehead atoms. The Kier molecular flexibility index (Phi) is 6.06. The van der Waals surface area contributed by atoms with E-state index in [4.69, 9.17) is 0 Å². The largest absolute Gasteiger partial charge is 0.381 e. The summed E-state index contributed by atoms with van der Waals surface area (Å²) in [7, 11) is -3.65. The standard InChI is InChI=1S/C24H27F3N2O4S/c1-23(2,31)22(30)29-13-24(7-8-24)21(28-34(3,32)33)19(29)11-14-5-4-6-18(20(14)27)15-9-16(25)12-17(26)10-15/h4-6,9-10,12,19,21,28,31H,7-8,11,13H2,1-3H3/t19-,21+/m0/s1. The second-order valence-corrected chi connectivity index (χ2v) is 11.7. The van der Waals surface area contributed by atoms with Gasteiger partial charge in [-0.15, -0.1) is 0 Å². The van der Waals surface area contributed by atoms with E-state index in [0.717, 1.165) is 18.4 Å². The monoisotopic (exact) mass is 496 g/mol. The first-order chi connectivity index (χ1) is 15.7.